The molecule has 0 atom stereocenters. The predicted octanol–water partition coefficient (Wildman–Crippen LogP) is 5.74. The molecule has 1 heterocycles. The maximum absolute atomic E-state index is 13.2. The Morgan fingerprint density at radius 2 is 1.43 bits per heavy atom. The molecule has 0 saturated carbocycles. The summed E-state index contributed by atoms with van der Waals surface area (Å²) in [6.07, 6.45) is 1.66. The molecule has 148 valence electrons. The fourth-order valence-corrected chi connectivity index (χ4v) is 3.55. The number of amidine groups is 1. The zero-order valence-corrected chi connectivity index (χ0v) is 18.6. The summed E-state index contributed by atoms with van der Waals surface area (Å²) in [4.78, 5) is 30.5. The van der Waals surface area contributed by atoms with Crippen molar-refractivity contribution < 1.29 is 14.7 Å². The number of benzene rings is 3. The first-order valence-electron chi connectivity index (χ1n) is 8.92. The molecular weight excluding hydrogens is 512 g/mol. The minimum Gasteiger partial charge on any atom is -0.478 e. The Morgan fingerprint density at radius 1 is 0.867 bits per heavy atom. The highest BCUT2D eigenvalue weighted by Gasteiger charge is 2.32. The fourth-order valence-electron chi connectivity index (χ4n) is 3.02. The van der Waals surface area contributed by atoms with Crippen molar-refractivity contribution >= 4 is 61.3 Å². The van der Waals surface area contributed by atoms with E-state index in [2.05, 4.69) is 36.9 Å². The summed E-state index contributed by atoms with van der Waals surface area (Å²) < 4.78 is 1.84. The number of rotatable bonds is 4. The molecule has 0 aromatic heterocycles. The van der Waals surface area contributed by atoms with Gasteiger partial charge in [-0.05, 0) is 60.2 Å². The molecule has 5 nitrogen and oxygen atoms in total. The number of carboxylic acid groups (broad SMARTS) is 1. The molecule has 1 N–H and O–H groups in total. The average Bonchev–Trinajstić information content (AvgIpc) is 3.06. The molecule has 1 aliphatic rings. The number of nitrogens with zero attached hydrogens (tertiary/aromatic N) is 2. The zero-order chi connectivity index (χ0) is 21.3. The summed E-state index contributed by atoms with van der Waals surface area (Å²) >= 11 is 6.84. The standard InChI is InChI=1S/C23H14Br2N2O3/c24-17-7-5-15(6-8-17)21-26-20(13-14-1-3-16(4-2-14)23(29)30)22(28)27(21)19-11-9-18(25)10-12-19/h1-13H,(H,29,30)/b20-13+. The lowest BCUT2D eigenvalue weighted by Gasteiger charge is -2.18. The first-order valence-corrected chi connectivity index (χ1v) is 10.5. The normalized spacial score (nSPS) is 14.9. The van der Waals surface area contributed by atoms with Gasteiger partial charge in [-0.2, -0.15) is 0 Å². The Bertz CT molecular complexity index is 1180. The van der Waals surface area contributed by atoms with Gasteiger partial charge in [0.2, 0.25) is 0 Å². The van der Waals surface area contributed by atoms with Crippen molar-refractivity contribution in [2.75, 3.05) is 4.90 Å². The Kier molecular flexibility index (Phi) is 5.65. The van der Waals surface area contributed by atoms with Gasteiger partial charge < -0.3 is 5.11 Å². The van der Waals surface area contributed by atoms with Crippen LogP contribution in [0.15, 0.2) is 92.4 Å². The predicted molar refractivity (Wildman–Crippen MR) is 124 cm³/mol. The minimum absolute atomic E-state index is 0.186. The molecule has 0 aliphatic carbocycles. The summed E-state index contributed by atoms with van der Waals surface area (Å²) in [6, 6.07) is 21.3. The third-order valence-corrected chi connectivity index (χ3v) is 5.57. The smallest absolute Gasteiger partial charge is 0.335 e. The Balaban J connectivity index is 1.78. The van der Waals surface area contributed by atoms with Crippen molar-refractivity contribution in [2.45, 2.75) is 0 Å². The molecular formula is C23H14Br2N2O3. The Labute approximate surface area is 189 Å². The number of aromatic carboxylic acids is 1. The summed E-state index contributed by atoms with van der Waals surface area (Å²) in [7, 11) is 0. The first-order chi connectivity index (χ1) is 14.4. The van der Waals surface area contributed by atoms with Crippen LogP contribution in [0, 0.1) is 0 Å². The van der Waals surface area contributed by atoms with E-state index in [0.29, 0.717) is 17.1 Å². The number of hydrogen-bond acceptors (Lipinski definition) is 3. The highest BCUT2D eigenvalue weighted by molar-refractivity contribution is 9.10. The van der Waals surface area contributed by atoms with E-state index in [1.54, 1.807) is 23.1 Å². The van der Waals surface area contributed by atoms with Crippen LogP contribution in [0.5, 0.6) is 0 Å². The summed E-state index contributed by atoms with van der Waals surface area (Å²) in [5.74, 6) is -0.719. The number of anilines is 1. The van der Waals surface area contributed by atoms with Crippen LogP contribution in [-0.2, 0) is 4.79 Å². The summed E-state index contributed by atoms with van der Waals surface area (Å²) in [5.41, 5.74) is 2.66. The van der Waals surface area contributed by atoms with Gasteiger partial charge in [-0.15, -0.1) is 0 Å². The summed E-state index contributed by atoms with van der Waals surface area (Å²) in [6.45, 7) is 0. The van der Waals surface area contributed by atoms with E-state index in [4.69, 9.17) is 5.11 Å². The highest BCUT2D eigenvalue weighted by Crippen LogP contribution is 2.29. The molecule has 0 bridgehead atoms. The van der Waals surface area contributed by atoms with Crippen LogP contribution in [0.2, 0.25) is 0 Å². The van der Waals surface area contributed by atoms with Gasteiger partial charge in [0.05, 0.1) is 11.3 Å². The van der Waals surface area contributed by atoms with Crippen molar-refractivity contribution in [2.24, 2.45) is 4.99 Å². The molecule has 4 rings (SSSR count). The quantitative estimate of drug-likeness (QED) is 0.441. The molecule has 0 unspecified atom stereocenters. The Hall–Kier alpha value is -3.03. The molecule has 3 aromatic carbocycles. The van der Waals surface area contributed by atoms with Crippen LogP contribution < -0.4 is 4.90 Å². The van der Waals surface area contributed by atoms with E-state index in [-0.39, 0.29) is 17.2 Å². The van der Waals surface area contributed by atoms with Crippen LogP contribution >= 0.6 is 31.9 Å². The van der Waals surface area contributed by atoms with Gasteiger partial charge in [-0.25, -0.2) is 9.79 Å². The minimum atomic E-state index is -0.997. The van der Waals surface area contributed by atoms with E-state index < -0.39 is 5.97 Å². The topological polar surface area (TPSA) is 70.0 Å². The molecule has 3 aromatic rings. The zero-order valence-electron chi connectivity index (χ0n) is 15.4. The maximum Gasteiger partial charge on any atom is 0.335 e. The van der Waals surface area contributed by atoms with Gasteiger partial charge in [0.25, 0.3) is 5.91 Å². The highest BCUT2D eigenvalue weighted by atomic mass is 79.9. The number of amides is 1. The molecule has 0 radical (unpaired) electrons. The fraction of sp³-hybridized carbons (Fsp3) is 0. The molecule has 7 heteroatoms. The van der Waals surface area contributed by atoms with Gasteiger partial charge in [-0.3, -0.25) is 9.69 Å². The largest absolute Gasteiger partial charge is 0.478 e. The van der Waals surface area contributed by atoms with E-state index >= 15 is 0 Å². The van der Waals surface area contributed by atoms with Crippen molar-refractivity contribution in [1.82, 2.24) is 0 Å². The van der Waals surface area contributed by atoms with Gasteiger partial charge in [-0.1, -0.05) is 56.1 Å². The molecule has 1 aliphatic heterocycles. The lowest BCUT2D eigenvalue weighted by molar-refractivity contribution is -0.113. The summed E-state index contributed by atoms with van der Waals surface area (Å²) in [5, 5.41) is 9.06. The van der Waals surface area contributed by atoms with Gasteiger partial charge in [0.15, 0.2) is 0 Å². The number of hydrogen-bond donors (Lipinski definition) is 1. The van der Waals surface area contributed by atoms with Crippen molar-refractivity contribution in [3.63, 3.8) is 0 Å². The SMILES string of the molecule is O=C(O)c1ccc(/C=C2/N=C(c3ccc(Br)cc3)N(c3ccc(Br)cc3)C2=O)cc1. The number of aliphatic imine (C=N–C) groups is 1. The lowest BCUT2D eigenvalue weighted by Crippen LogP contribution is -2.32. The van der Waals surface area contributed by atoms with E-state index in [9.17, 15) is 9.59 Å². The van der Waals surface area contributed by atoms with Crippen LogP contribution in [0.3, 0.4) is 0 Å². The monoisotopic (exact) mass is 524 g/mol. The van der Waals surface area contributed by atoms with Gasteiger partial charge in [0, 0.05) is 14.5 Å². The van der Waals surface area contributed by atoms with Crippen LogP contribution in [0.1, 0.15) is 21.5 Å². The molecule has 30 heavy (non-hydrogen) atoms. The van der Waals surface area contributed by atoms with Gasteiger partial charge >= 0.3 is 5.97 Å². The van der Waals surface area contributed by atoms with Crippen LogP contribution in [0.25, 0.3) is 6.08 Å². The van der Waals surface area contributed by atoms with Crippen molar-refractivity contribution in [3.8, 4) is 0 Å². The van der Waals surface area contributed by atoms with E-state index in [1.165, 1.54) is 12.1 Å². The van der Waals surface area contributed by atoms with Crippen LogP contribution in [-0.4, -0.2) is 22.8 Å². The van der Waals surface area contributed by atoms with E-state index in [0.717, 1.165) is 14.5 Å². The number of carbonyl (C=O) groups excluding carboxylic acids is 1. The van der Waals surface area contributed by atoms with Crippen LogP contribution in [0.4, 0.5) is 5.69 Å². The van der Waals surface area contributed by atoms with Gasteiger partial charge in [0.1, 0.15) is 11.5 Å². The number of halogens is 2. The Morgan fingerprint density at radius 3 is 2.00 bits per heavy atom. The lowest BCUT2D eigenvalue weighted by atomic mass is 10.1. The number of carbonyl (C=O) groups is 2. The van der Waals surface area contributed by atoms with E-state index in [1.807, 2.05) is 48.5 Å². The maximum atomic E-state index is 13.2. The van der Waals surface area contributed by atoms with Crippen molar-refractivity contribution in [1.29, 1.82) is 0 Å². The molecule has 1 amide bonds. The van der Waals surface area contributed by atoms with Crippen molar-refractivity contribution in [3.05, 3.63) is 104 Å². The molecule has 0 saturated heterocycles. The molecule has 0 fully saturated rings. The second-order valence-corrected chi connectivity index (χ2v) is 8.35. The second-order valence-electron chi connectivity index (χ2n) is 6.52. The average molecular weight is 526 g/mol. The third kappa shape index (κ3) is 4.13. The number of carboxylic acids is 1. The first kappa shape index (κ1) is 20.3. The molecule has 0 spiro atoms. The second kappa shape index (κ2) is 8.38. The third-order valence-electron chi connectivity index (χ3n) is 4.51.